The van der Waals surface area contributed by atoms with Crippen LogP contribution in [0.2, 0.25) is 0 Å². The highest BCUT2D eigenvalue weighted by Gasteiger charge is 2.31. The summed E-state index contributed by atoms with van der Waals surface area (Å²) in [5.41, 5.74) is 6.58. The lowest BCUT2D eigenvalue weighted by atomic mass is 9.13. The molecule has 0 spiro atoms. The molecule has 38 heavy (non-hydrogen) atoms. The zero-order valence-electron chi connectivity index (χ0n) is 21.0. The van der Waals surface area contributed by atoms with Crippen LogP contribution in [0.4, 0.5) is 5.69 Å². The summed E-state index contributed by atoms with van der Waals surface area (Å²) in [7, 11) is 0. The molecule has 0 aliphatic carbocycles. The number of rotatable bonds is 6. The van der Waals surface area contributed by atoms with Gasteiger partial charge in [-0.1, -0.05) is 133 Å². The second-order valence-electron chi connectivity index (χ2n) is 9.67. The number of hydrogen-bond acceptors (Lipinski definition) is 2. The normalized spacial score (nSPS) is 11.7. The molecule has 0 aromatic heterocycles. The van der Waals surface area contributed by atoms with Gasteiger partial charge in [0, 0.05) is 11.8 Å². The van der Waals surface area contributed by atoms with E-state index in [0.29, 0.717) is 0 Å². The van der Waals surface area contributed by atoms with Crippen LogP contribution in [0, 0.1) is 0 Å². The zero-order valence-corrected chi connectivity index (χ0v) is 21.0. The molecule has 0 heterocycles. The predicted octanol–water partition coefficient (Wildman–Crippen LogP) is 5.67. The number of hydrogen-bond donors (Lipinski definition) is 1. The fourth-order valence-electron chi connectivity index (χ4n) is 5.79. The standard InChI is InChI=1S/C35H27BNO/c38-35-25-20-27-12-10-11-19-33(27)34(35)26-37-32-23-21-31(22-24-32)36(28-13-4-1-5-14-28,29-15-6-2-7-16-29)30-17-8-3-9-18-30/h1-26,38H/q-1/b37-26+. The Morgan fingerprint density at radius 2 is 0.947 bits per heavy atom. The second kappa shape index (κ2) is 10.2. The maximum absolute atomic E-state index is 10.5. The molecule has 182 valence electrons. The summed E-state index contributed by atoms with van der Waals surface area (Å²) in [5.74, 6) is 0.226. The number of phenolic OH excluding ortho intramolecular Hbond substituents is 1. The van der Waals surface area contributed by atoms with E-state index in [4.69, 9.17) is 4.99 Å². The summed E-state index contributed by atoms with van der Waals surface area (Å²) in [5, 5.41) is 12.6. The molecule has 0 saturated heterocycles. The van der Waals surface area contributed by atoms with Gasteiger partial charge in [-0.2, -0.15) is 21.9 Å². The van der Waals surface area contributed by atoms with Crippen molar-refractivity contribution in [3.63, 3.8) is 0 Å². The molecular weight excluding hydrogens is 461 g/mol. The summed E-state index contributed by atoms with van der Waals surface area (Å²) in [6.07, 6.45) is 0.347. The van der Waals surface area contributed by atoms with Crippen LogP contribution in [0.1, 0.15) is 5.56 Å². The minimum atomic E-state index is -1.41. The van der Waals surface area contributed by atoms with Crippen molar-refractivity contribution in [3.05, 3.63) is 157 Å². The Labute approximate surface area is 223 Å². The van der Waals surface area contributed by atoms with Crippen molar-refractivity contribution in [2.75, 3.05) is 0 Å². The van der Waals surface area contributed by atoms with Crippen molar-refractivity contribution in [2.24, 2.45) is 4.99 Å². The smallest absolute Gasteiger partial charge is 0.124 e. The summed E-state index contributed by atoms with van der Waals surface area (Å²) < 4.78 is 0. The molecule has 3 heteroatoms. The minimum absolute atomic E-state index is 0.226. The van der Waals surface area contributed by atoms with Crippen LogP contribution < -0.4 is 21.9 Å². The van der Waals surface area contributed by atoms with Crippen LogP contribution in [0.3, 0.4) is 0 Å². The Morgan fingerprint density at radius 1 is 0.474 bits per heavy atom. The van der Waals surface area contributed by atoms with Crippen LogP contribution in [-0.2, 0) is 0 Å². The molecule has 0 fully saturated rings. The van der Waals surface area contributed by atoms with Crippen LogP contribution in [0.25, 0.3) is 10.8 Å². The van der Waals surface area contributed by atoms with E-state index in [1.165, 1.54) is 21.9 Å². The Hall–Kier alpha value is -4.89. The zero-order chi connectivity index (χ0) is 25.8. The van der Waals surface area contributed by atoms with Crippen molar-refractivity contribution in [1.29, 1.82) is 0 Å². The third-order valence-electron chi connectivity index (χ3n) is 7.58. The highest BCUT2D eigenvalue weighted by molar-refractivity contribution is 7.19. The average Bonchev–Trinajstić information content (AvgIpc) is 2.99. The molecule has 1 N–H and O–H groups in total. The van der Waals surface area contributed by atoms with Crippen LogP contribution >= 0.6 is 0 Å². The Morgan fingerprint density at radius 3 is 1.50 bits per heavy atom. The Bertz CT molecular complexity index is 1600. The molecule has 6 aromatic carbocycles. The molecular formula is C35H27BNO-. The van der Waals surface area contributed by atoms with Crippen molar-refractivity contribution >= 4 is 50.7 Å². The van der Waals surface area contributed by atoms with Gasteiger partial charge >= 0.3 is 0 Å². The van der Waals surface area contributed by atoms with Gasteiger partial charge in [-0.3, -0.25) is 4.99 Å². The predicted molar refractivity (Wildman–Crippen MR) is 163 cm³/mol. The van der Waals surface area contributed by atoms with Gasteiger partial charge in [0.25, 0.3) is 0 Å². The molecule has 2 nitrogen and oxygen atoms in total. The fourth-order valence-corrected chi connectivity index (χ4v) is 5.79. The first kappa shape index (κ1) is 23.5. The van der Waals surface area contributed by atoms with E-state index in [2.05, 4.69) is 115 Å². The van der Waals surface area contributed by atoms with Gasteiger partial charge in [-0.15, -0.1) is 0 Å². The van der Waals surface area contributed by atoms with Crippen LogP contribution in [0.5, 0.6) is 5.75 Å². The van der Waals surface area contributed by atoms with E-state index in [-0.39, 0.29) is 5.75 Å². The quantitative estimate of drug-likeness (QED) is 0.238. The number of phenols is 1. The lowest BCUT2D eigenvalue weighted by molar-refractivity contribution is 0.475. The molecule has 0 aliphatic heterocycles. The molecule has 6 rings (SSSR count). The van der Waals surface area contributed by atoms with Gasteiger partial charge in [0.2, 0.25) is 0 Å². The van der Waals surface area contributed by atoms with Gasteiger partial charge in [0.05, 0.1) is 5.69 Å². The molecule has 0 amide bonds. The maximum Gasteiger partial charge on any atom is 0.124 e. The molecule has 0 radical (unpaired) electrons. The number of aromatic hydroxyl groups is 1. The number of fused-ring (bicyclic) bond motifs is 1. The Balaban J connectivity index is 1.48. The number of nitrogens with zero attached hydrogens (tertiary/aromatic N) is 1. The largest absolute Gasteiger partial charge is 0.507 e. The number of aliphatic imine (C=N–C) groups is 1. The van der Waals surface area contributed by atoms with Gasteiger partial charge in [-0.25, -0.2) is 0 Å². The first-order valence-electron chi connectivity index (χ1n) is 12.9. The van der Waals surface area contributed by atoms with Crippen LogP contribution in [-0.4, -0.2) is 17.5 Å². The third-order valence-corrected chi connectivity index (χ3v) is 7.58. The number of benzene rings is 6. The lowest BCUT2D eigenvalue weighted by Crippen LogP contribution is -2.74. The SMILES string of the molecule is Oc1ccc2ccccc2c1/C=N/c1ccc([B-](c2ccccc2)(c2ccccc2)c2ccccc2)cc1. The topological polar surface area (TPSA) is 32.6 Å². The summed E-state index contributed by atoms with van der Waals surface area (Å²) >= 11 is 0. The molecule has 0 bridgehead atoms. The van der Waals surface area contributed by atoms with Gasteiger partial charge in [0.15, 0.2) is 0 Å². The highest BCUT2D eigenvalue weighted by Crippen LogP contribution is 2.26. The average molecular weight is 488 g/mol. The van der Waals surface area contributed by atoms with Crippen molar-refractivity contribution in [3.8, 4) is 5.75 Å². The summed E-state index contributed by atoms with van der Waals surface area (Å²) in [6.45, 7) is 0. The molecule has 0 atom stereocenters. The molecule has 0 aliphatic rings. The van der Waals surface area contributed by atoms with Crippen molar-refractivity contribution in [2.45, 2.75) is 0 Å². The van der Waals surface area contributed by atoms with Crippen molar-refractivity contribution in [1.82, 2.24) is 0 Å². The molecule has 0 saturated carbocycles. The molecule has 0 unspecified atom stereocenters. The summed E-state index contributed by atoms with van der Waals surface area (Å²) in [4.78, 5) is 4.75. The fraction of sp³-hybridized carbons (Fsp3) is 0. The van der Waals surface area contributed by atoms with Gasteiger partial charge in [-0.05, 0) is 29.0 Å². The third kappa shape index (κ3) is 4.18. The van der Waals surface area contributed by atoms with Gasteiger partial charge in [0.1, 0.15) is 11.9 Å². The lowest BCUT2D eigenvalue weighted by Gasteiger charge is -2.44. The van der Waals surface area contributed by atoms with E-state index in [9.17, 15) is 5.11 Å². The van der Waals surface area contributed by atoms with E-state index in [0.717, 1.165) is 22.0 Å². The van der Waals surface area contributed by atoms with E-state index < -0.39 is 6.15 Å². The van der Waals surface area contributed by atoms with Crippen molar-refractivity contribution < 1.29 is 5.11 Å². The highest BCUT2D eigenvalue weighted by atomic mass is 16.3. The van der Waals surface area contributed by atoms with Crippen LogP contribution in [0.15, 0.2) is 157 Å². The monoisotopic (exact) mass is 488 g/mol. The first-order valence-corrected chi connectivity index (χ1v) is 12.9. The van der Waals surface area contributed by atoms with E-state index in [1.54, 1.807) is 12.3 Å². The minimum Gasteiger partial charge on any atom is -0.507 e. The molecule has 6 aromatic rings. The Kier molecular flexibility index (Phi) is 6.33. The second-order valence-corrected chi connectivity index (χ2v) is 9.67. The van der Waals surface area contributed by atoms with E-state index in [1.807, 2.05) is 30.3 Å². The van der Waals surface area contributed by atoms with E-state index >= 15 is 0 Å². The first-order chi connectivity index (χ1) is 18.8. The van der Waals surface area contributed by atoms with Gasteiger partial charge < -0.3 is 5.11 Å². The summed E-state index contributed by atoms with van der Waals surface area (Å²) in [6, 6.07) is 52.5. The maximum atomic E-state index is 10.5.